The number of rotatable bonds is 6. The van der Waals surface area contributed by atoms with Crippen molar-refractivity contribution in [1.29, 1.82) is 0 Å². The molecule has 0 saturated heterocycles. The molecule has 0 fully saturated rings. The first-order valence-electron chi connectivity index (χ1n) is 6.10. The van der Waals surface area contributed by atoms with Crippen LogP contribution >= 0.6 is 0 Å². The maximum atomic E-state index is 11.1. The molecule has 1 aromatic carbocycles. The van der Waals surface area contributed by atoms with Gasteiger partial charge in [0.15, 0.2) is 0 Å². The minimum atomic E-state index is -0.622. The Balaban J connectivity index is 2.44. The van der Waals surface area contributed by atoms with Crippen molar-refractivity contribution in [2.45, 2.75) is 32.2 Å². The summed E-state index contributed by atoms with van der Waals surface area (Å²) < 4.78 is 10.1. The number of methoxy groups -OCH3 is 1. The Morgan fingerprint density at radius 1 is 1.39 bits per heavy atom. The number of hydrogen-bond acceptors (Lipinski definition) is 4. The van der Waals surface area contributed by atoms with Gasteiger partial charge in [-0.05, 0) is 23.6 Å². The molecule has 0 aliphatic heterocycles. The fourth-order valence-corrected chi connectivity index (χ4v) is 1.54. The van der Waals surface area contributed by atoms with E-state index in [1.807, 2.05) is 18.2 Å². The largest absolute Gasteiger partial charge is 0.494 e. The number of hydrogen-bond donors (Lipinski definition) is 1. The van der Waals surface area contributed by atoms with Crippen LogP contribution in [0.15, 0.2) is 24.3 Å². The lowest BCUT2D eigenvalue weighted by atomic mass is 10.0. The number of carbonyl (C=O) groups is 1. The third-order valence-corrected chi connectivity index (χ3v) is 2.73. The summed E-state index contributed by atoms with van der Waals surface area (Å²) in [4.78, 5) is 11.1. The third-order valence-electron chi connectivity index (χ3n) is 2.73. The molecule has 4 heteroatoms. The minimum absolute atomic E-state index is 0.401. The average Bonchev–Trinajstić information content (AvgIpc) is 2.38. The first-order chi connectivity index (χ1) is 8.54. The van der Waals surface area contributed by atoms with E-state index >= 15 is 0 Å². The van der Waals surface area contributed by atoms with Crippen LogP contribution in [0, 0.1) is 0 Å². The van der Waals surface area contributed by atoms with E-state index in [4.69, 9.17) is 10.5 Å². The number of benzene rings is 1. The van der Waals surface area contributed by atoms with Gasteiger partial charge in [0.2, 0.25) is 0 Å². The van der Waals surface area contributed by atoms with Crippen LogP contribution in [0.5, 0.6) is 5.75 Å². The molecule has 0 heterocycles. The predicted molar refractivity (Wildman–Crippen MR) is 70.6 cm³/mol. The van der Waals surface area contributed by atoms with Crippen molar-refractivity contribution in [3.05, 3.63) is 29.8 Å². The summed E-state index contributed by atoms with van der Waals surface area (Å²) >= 11 is 0. The second kappa shape index (κ2) is 7.01. The molecule has 0 bridgehead atoms. The average molecular weight is 251 g/mol. The van der Waals surface area contributed by atoms with Crippen LogP contribution in [0.1, 0.15) is 31.7 Å². The van der Waals surface area contributed by atoms with E-state index in [1.54, 1.807) is 0 Å². The quantitative estimate of drug-likeness (QED) is 0.786. The van der Waals surface area contributed by atoms with Gasteiger partial charge in [0, 0.05) is 6.42 Å². The van der Waals surface area contributed by atoms with Crippen molar-refractivity contribution < 1.29 is 14.3 Å². The van der Waals surface area contributed by atoms with E-state index in [1.165, 1.54) is 12.7 Å². The highest BCUT2D eigenvalue weighted by atomic mass is 16.5. The molecule has 100 valence electrons. The van der Waals surface area contributed by atoms with E-state index in [0.717, 1.165) is 5.75 Å². The molecule has 1 aromatic rings. The number of ether oxygens (including phenoxy) is 2. The highest BCUT2D eigenvalue weighted by molar-refractivity contribution is 5.75. The van der Waals surface area contributed by atoms with Gasteiger partial charge >= 0.3 is 5.97 Å². The van der Waals surface area contributed by atoms with Gasteiger partial charge in [0.05, 0.1) is 13.7 Å². The second-order valence-electron chi connectivity index (χ2n) is 4.49. The highest BCUT2D eigenvalue weighted by Gasteiger charge is 2.13. The Morgan fingerprint density at radius 3 is 2.72 bits per heavy atom. The summed E-state index contributed by atoms with van der Waals surface area (Å²) in [6.45, 7) is 4.66. The molecule has 18 heavy (non-hydrogen) atoms. The highest BCUT2D eigenvalue weighted by Crippen LogP contribution is 2.20. The van der Waals surface area contributed by atoms with Crippen molar-refractivity contribution in [2.75, 3.05) is 13.7 Å². The van der Waals surface area contributed by atoms with Gasteiger partial charge < -0.3 is 15.2 Å². The number of esters is 1. The molecule has 0 saturated carbocycles. The normalized spacial score (nSPS) is 12.3. The van der Waals surface area contributed by atoms with Crippen LogP contribution in [0.2, 0.25) is 0 Å². The summed E-state index contributed by atoms with van der Waals surface area (Å²) in [7, 11) is 1.33. The summed E-state index contributed by atoms with van der Waals surface area (Å²) in [5, 5.41) is 0. The zero-order chi connectivity index (χ0) is 13.5. The standard InChI is InChI=1S/C14H21NO3/c1-10(2)11-5-4-6-12(9-11)18-8-7-13(15)14(16)17-3/h4-6,9-10,13H,7-8,15H2,1-3H3. The van der Waals surface area contributed by atoms with E-state index in [9.17, 15) is 4.79 Å². The van der Waals surface area contributed by atoms with Gasteiger partial charge in [0.25, 0.3) is 0 Å². The van der Waals surface area contributed by atoms with Crippen molar-refractivity contribution in [3.8, 4) is 5.75 Å². The third kappa shape index (κ3) is 4.37. The van der Waals surface area contributed by atoms with Crippen LogP contribution in [-0.2, 0) is 9.53 Å². The topological polar surface area (TPSA) is 61.5 Å². The molecule has 0 amide bonds. The lowest BCUT2D eigenvalue weighted by molar-refractivity contribution is -0.142. The summed E-state index contributed by atoms with van der Waals surface area (Å²) in [5.74, 6) is 0.860. The summed E-state index contributed by atoms with van der Waals surface area (Å²) in [6.07, 6.45) is 0.443. The van der Waals surface area contributed by atoms with Crippen molar-refractivity contribution in [3.63, 3.8) is 0 Å². The van der Waals surface area contributed by atoms with Gasteiger partial charge in [-0.2, -0.15) is 0 Å². The Hall–Kier alpha value is -1.55. The van der Waals surface area contributed by atoms with E-state index in [2.05, 4.69) is 24.7 Å². The lowest BCUT2D eigenvalue weighted by Gasteiger charge is -2.12. The van der Waals surface area contributed by atoms with E-state index in [-0.39, 0.29) is 0 Å². The van der Waals surface area contributed by atoms with Crippen LogP contribution in [-0.4, -0.2) is 25.7 Å². The molecule has 0 spiro atoms. The van der Waals surface area contributed by atoms with Crippen molar-refractivity contribution in [1.82, 2.24) is 0 Å². The SMILES string of the molecule is COC(=O)C(N)CCOc1cccc(C(C)C)c1. The molecule has 0 aromatic heterocycles. The van der Waals surface area contributed by atoms with Crippen LogP contribution in [0.25, 0.3) is 0 Å². The second-order valence-corrected chi connectivity index (χ2v) is 4.49. The molecular formula is C14H21NO3. The molecular weight excluding hydrogens is 230 g/mol. The molecule has 0 aliphatic carbocycles. The monoisotopic (exact) mass is 251 g/mol. The molecule has 1 unspecified atom stereocenters. The summed E-state index contributed by atoms with van der Waals surface area (Å²) in [5.41, 5.74) is 6.84. The first-order valence-corrected chi connectivity index (χ1v) is 6.10. The van der Waals surface area contributed by atoms with Gasteiger partial charge in [-0.15, -0.1) is 0 Å². The van der Waals surface area contributed by atoms with Gasteiger partial charge in [-0.25, -0.2) is 0 Å². The Labute approximate surface area is 108 Å². The molecule has 2 N–H and O–H groups in total. The minimum Gasteiger partial charge on any atom is -0.494 e. The van der Waals surface area contributed by atoms with Gasteiger partial charge in [-0.1, -0.05) is 26.0 Å². The Morgan fingerprint density at radius 2 is 2.11 bits per heavy atom. The van der Waals surface area contributed by atoms with Crippen molar-refractivity contribution in [2.24, 2.45) is 5.73 Å². The van der Waals surface area contributed by atoms with Crippen LogP contribution in [0.4, 0.5) is 0 Å². The first kappa shape index (κ1) is 14.5. The van der Waals surface area contributed by atoms with E-state index < -0.39 is 12.0 Å². The maximum absolute atomic E-state index is 11.1. The van der Waals surface area contributed by atoms with Gasteiger partial charge in [0.1, 0.15) is 11.8 Å². The van der Waals surface area contributed by atoms with Gasteiger partial charge in [-0.3, -0.25) is 4.79 Å². The van der Waals surface area contributed by atoms with Crippen molar-refractivity contribution >= 4 is 5.97 Å². The fraction of sp³-hybridized carbons (Fsp3) is 0.500. The maximum Gasteiger partial charge on any atom is 0.322 e. The van der Waals surface area contributed by atoms with Crippen LogP contribution < -0.4 is 10.5 Å². The molecule has 0 aliphatic rings. The zero-order valence-corrected chi connectivity index (χ0v) is 11.2. The molecule has 4 nitrogen and oxygen atoms in total. The van der Waals surface area contributed by atoms with E-state index in [0.29, 0.717) is 18.9 Å². The number of nitrogens with two attached hydrogens (primary N) is 1. The summed E-state index contributed by atoms with van der Waals surface area (Å²) in [6, 6.07) is 7.32. The van der Waals surface area contributed by atoms with Crippen LogP contribution in [0.3, 0.4) is 0 Å². The molecule has 1 atom stereocenters. The Bertz CT molecular complexity index is 390. The zero-order valence-electron chi connectivity index (χ0n) is 11.2. The lowest BCUT2D eigenvalue weighted by Crippen LogP contribution is -2.33. The molecule has 1 rings (SSSR count). The smallest absolute Gasteiger partial charge is 0.322 e. The number of carbonyl (C=O) groups excluding carboxylic acids is 1. The fourth-order valence-electron chi connectivity index (χ4n) is 1.54. The predicted octanol–water partition coefficient (Wildman–Crippen LogP) is 2.08. The molecule has 0 radical (unpaired) electrons. The Kier molecular flexibility index (Phi) is 5.65.